The highest BCUT2D eigenvalue weighted by Crippen LogP contribution is 2.46. The molecule has 5 atom stereocenters. The molecule has 3 N–H and O–H groups in total. The molecule has 3 unspecified atom stereocenters. The number of hydrogen-bond donors (Lipinski definition) is 2. The molecule has 0 radical (unpaired) electrons. The van der Waals surface area contributed by atoms with Crippen molar-refractivity contribution in [2.45, 2.75) is 82.4 Å². The van der Waals surface area contributed by atoms with Crippen molar-refractivity contribution in [3.05, 3.63) is 36.0 Å². The molecule has 0 bridgehead atoms. The van der Waals surface area contributed by atoms with Crippen molar-refractivity contribution in [1.82, 2.24) is 5.32 Å². The number of hydrogen-bond acceptors (Lipinski definition) is 4. The standard InChI is InChI=1S/C26H35F6N3O2/c1-16(17-11-19(25(27,28)29)13-20(12-17)26(30,31)32)37-15-24(18-7-5-4-6-8-18)10-9-21(14-34-24)35-22(36)23(2,3)33/h4-7,11,16,18-20,34H,8-10,12-15,33H2,1-3H3/t16-,18?,19?,20?,24-/m1/s1. The van der Waals surface area contributed by atoms with Gasteiger partial charge in [-0.15, -0.1) is 0 Å². The summed E-state index contributed by atoms with van der Waals surface area (Å²) in [6.45, 7) is 5.01. The zero-order valence-corrected chi connectivity index (χ0v) is 21.3. The second-order valence-corrected chi connectivity index (χ2v) is 10.9. The number of carbonyl (C=O) groups excluding carboxylic acids is 1. The summed E-state index contributed by atoms with van der Waals surface area (Å²) < 4.78 is 86.5. The number of allylic oxidation sites excluding steroid dienone is 4. The Labute approximate surface area is 213 Å². The van der Waals surface area contributed by atoms with E-state index in [1.807, 2.05) is 24.3 Å². The van der Waals surface area contributed by atoms with Crippen LogP contribution in [0.3, 0.4) is 0 Å². The molecular weight excluding hydrogens is 500 g/mol. The third-order valence-corrected chi connectivity index (χ3v) is 7.44. The fourth-order valence-electron chi connectivity index (χ4n) is 4.97. The Balaban J connectivity index is 1.76. The normalized spacial score (nSPS) is 31.4. The number of nitrogens with two attached hydrogens (primary N) is 1. The largest absolute Gasteiger partial charge is 0.395 e. The van der Waals surface area contributed by atoms with Gasteiger partial charge >= 0.3 is 12.4 Å². The molecule has 0 aromatic carbocycles. The summed E-state index contributed by atoms with van der Waals surface area (Å²) in [4.78, 5) is 16.4. The van der Waals surface area contributed by atoms with Gasteiger partial charge in [0.1, 0.15) is 0 Å². The molecule has 0 aromatic rings. The van der Waals surface area contributed by atoms with Gasteiger partial charge < -0.3 is 15.8 Å². The van der Waals surface area contributed by atoms with Gasteiger partial charge in [0.2, 0.25) is 0 Å². The van der Waals surface area contributed by atoms with Gasteiger partial charge in [0.25, 0.3) is 5.91 Å². The van der Waals surface area contributed by atoms with Gasteiger partial charge in [-0.1, -0.05) is 30.4 Å². The predicted molar refractivity (Wildman–Crippen MR) is 129 cm³/mol. The summed E-state index contributed by atoms with van der Waals surface area (Å²) in [6.07, 6.45) is -1.51. The number of carbonyl (C=O) groups is 1. The highest BCUT2D eigenvalue weighted by atomic mass is 19.4. The van der Waals surface area contributed by atoms with Crippen molar-refractivity contribution in [1.29, 1.82) is 0 Å². The maximum atomic E-state index is 13.4. The van der Waals surface area contributed by atoms with Crippen LogP contribution in [0.2, 0.25) is 0 Å². The molecule has 1 saturated heterocycles. The Hall–Kier alpha value is -1.98. The van der Waals surface area contributed by atoms with Gasteiger partial charge in [0, 0.05) is 23.7 Å². The van der Waals surface area contributed by atoms with Crippen LogP contribution in [0.4, 0.5) is 26.3 Å². The van der Waals surface area contributed by atoms with Crippen molar-refractivity contribution in [3.63, 3.8) is 0 Å². The first-order valence-corrected chi connectivity index (χ1v) is 12.4. The number of nitrogens with one attached hydrogen (secondary N) is 1. The lowest BCUT2D eigenvalue weighted by Gasteiger charge is -2.45. The number of ether oxygens (including phenoxy) is 1. The molecule has 0 spiro atoms. The average molecular weight is 536 g/mol. The molecule has 1 aliphatic heterocycles. The number of piperidine rings is 1. The summed E-state index contributed by atoms with van der Waals surface area (Å²) in [6, 6.07) is 0. The van der Waals surface area contributed by atoms with Gasteiger partial charge in [-0.05, 0) is 58.4 Å². The highest BCUT2D eigenvalue weighted by Gasteiger charge is 2.50. The van der Waals surface area contributed by atoms with Crippen LogP contribution in [0.5, 0.6) is 0 Å². The van der Waals surface area contributed by atoms with Crippen LogP contribution in [-0.2, 0) is 9.53 Å². The number of amides is 1. The maximum absolute atomic E-state index is 13.4. The average Bonchev–Trinajstić information content (AvgIpc) is 2.82. The van der Waals surface area contributed by atoms with Crippen LogP contribution in [-0.4, -0.2) is 54.3 Å². The summed E-state index contributed by atoms with van der Waals surface area (Å²) in [7, 11) is 0. The third-order valence-electron chi connectivity index (χ3n) is 7.44. The lowest BCUT2D eigenvalue weighted by atomic mass is 9.74. The van der Waals surface area contributed by atoms with E-state index in [9.17, 15) is 31.1 Å². The summed E-state index contributed by atoms with van der Waals surface area (Å²) >= 11 is 0. The van der Waals surface area contributed by atoms with E-state index in [4.69, 9.17) is 10.5 Å². The molecule has 11 heteroatoms. The molecular formula is C26H35F6N3O2. The topological polar surface area (TPSA) is 76.7 Å². The van der Waals surface area contributed by atoms with E-state index in [1.54, 1.807) is 13.8 Å². The summed E-state index contributed by atoms with van der Waals surface area (Å²) in [5.41, 5.74) is 4.75. The van der Waals surface area contributed by atoms with E-state index >= 15 is 0 Å². The zero-order chi connectivity index (χ0) is 27.6. The zero-order valence-electron chi connectivity index (χ0n) is 21.3. The first-order valence-electron chi connectivity index (χ1n) is 12.4. The number of nitrogens with zero attached hydrogens (tertiary/aromatic N) is 1. The van der Waals surface area contributed by atoms with E-state index in [0.717, 1.165) is 6.08 Å². The number of halogens is 6. The van der Waals surface area contributed by atoms with E-state index in [2.05, 4.69) is 10.3 Å². The Morgan fingerprint density at radius 1 is 1.22 bits per heavy atom. The van der Waals surface area contributed by atoms with Gasteiger partial charge in [-0.2, -0.15) is 26.3 Å². The van der Waals surface area contributed by atoms with Crippen LogP contribution >= 0.6 is 0 Å². The van der Waals surface area contributed by atoms with Crippen LogP contribution in [0.1, 0.15) is 52.9 Å². The van der Waals surface area contributed by atoms with E-state index < -0.39 is 60.1 Å². The number of aliphatic imine (C=N–C) groups is 1. The molecule has 1 fully saturated rings. The lowest BCUT2D eigenvalue weighted by Crippen LogP contribution is -2.59. The second kappa shape index (κ2) is 11.0. The van der Waals surface area contributed by atoms with E-state index in [0.29, 0.717) is 31.5 Å². The first kappa shape index (κ1) is 29.6. The number of rotatable bonds is 6. The fourth-order valence-corrected chi connectivity index (χ4v) is 4.97. The first-order chi connectivity index (χ1) is 17.0. The fraction of sp³-hybridized carbons (Fsp3) is 0.692. The van der Waals surface area contributed by atoms with Gasteiger partial charge in [0.05, 0.1) is 30.1 Å². The van der Waals surface area contributed by atoms with E-state index in [1.165, 1.54) is 6.92 Å². The molecule has 0 aromatic heterocycles. The Morgan fingerprint density at radius 2 is 1.92 bits per heavy atom. The quantitative estimate of drug-likeness (QED) is 0.352. The third kappa shape index (κ3) is 7.54. The molecule has 3 rings (SSSR count). The molecule has 2 aliphatic carbocycles. The van der Waals surface area contributed by atoms with Crippen LogP contribution in [0.15, 0.2) is 40.9 Å². The monoisotopic (exact) mass is 535 g/mol. The predicted octanol–water partition coefficient (Wildman–Crippen LogP) is 5.43. The minimum Gasteiger partial charge on any atom is -0.372 e. The molecule has 5 nitrogen and oxygen atoms in total. The molecule has 37 heavy (non-hydrogen) atoms. The molecule has 3 aliphatic rings. The second-order valence-electron chi connectivity index (χ2n) is 10.9. The van der Waals surface area contributed by atoms with Crippen molar-refractivity contribution >= 4 is 11.6 Å². The van der Waals surface area contributed by atoms with Crippen molar-refractivity contribution in [2.75, 3.05) is 13.2 Å². The SMILES string of the molecule is C[C@@H](OC[C@@]1(C2C=CC=CC2)CCC(=NC(=O)C(C)(C)N)CN1)C1=CC(C(F)(F)F)CC(C(F)(F)F)C1. The summed E-state index contributed by atoms with van der Waals surface area (Å²) in [5.74, 6) is -4.68. The Kier molecular flexibility index (Phi) is 8.81. The minimum atomic E-state index is -4.76. The number of alkyl halides is 6. The van der Waals surface area contributed by atoms with Crippen LogP contribution in [0, 0.1) is 17.8 Å². The van der Waals surface area contributed by atoms with Crippen molar-refractivity contribution in [3.8, 4) is 0 Å². The Bertz CT molecular complexity index is 949. The van der Waals surface area contributed by atoms with Crippen molar-refractivity contribution in [2.24, 2.45) is 28.5 Å². The van der Waals surface area contributed by atoms with E-state index in [-0.39, 0.29) is 18.1 Å². The lowest BCUT2D eigenvalue weighted by molar-refractivity contribution is -0.206. The maximum Gasteiger partial charge on any atom is 0.395 e. The molecule has 0 saturated carbocycles. The minimum absolute atomic E-state index is 0.0129. The Morgan fingerprint density at radius 3 is 2.43 bits per heavy atom. The van der Waals surface area contributed by atoms with Crippen LogP contribution in [0.25, 0.3) is 0 Å². The summed E-state index contributed by atoms with van der Waals surface area (Å²) in [5, 5.41) is 3.42. The van der Waals surface area contributed by atoms with Gasteiger partial charge in [-0.3, -0.25) is 4.79 Å². The molecule has 208 valence electrons. The highest BCUT2D eigenvalue weighted by molar-refractivity contribution is 6.00. The van der Waals surface area contributed by atoms with Crippen LogP contribution < -0.4 is 11.1 Å². The molecule has 1 heterocycles. The molecule has 1 amide bonds. The van der Waals surface area contributed by atoms with Gasteiger partial charge in [0.15, 0.2) is 0 Å². The van der Waals surface area contributed by atoms with Gasteiger partial charge in [-0.25, -0.2) is 4.99 Å². The van der Waals surface area contributed by atoms with Crippen molar-refractivity contribution < 1.29 is 35.9 Å². The smallest absolute Gasteiger partial charge is 0.372 e.